The lowest BCUT2D eigenvalue weighted by atomic mass is 9.91. The molecule has 0 saturated carbocycles. The Bertz CT molecular complexity index is 4060. The van der Waals surface area contributed by atoms with Crippen LogP contribution in [-0.2, 0) is 0 Å². The van der Waals surface area contributed by atoms with Crippen molar-refractivity contribution >= 4 is 76.8 Å². The summed E-state index contributed by atoms with van der Waals surface area (Å²) >= 11 is 0. The Morgan fingerprint density at radius 3 is 1.11 bits per heavy atom. The maximum absolute atomic E-state index is 5.68. The van der Waals surface area contributed by atoms with Gasteiger partial charge in [-0.05, 0) is 96.6 Å². The van der Waals surface area contributed by atoms with Crippen LogP contribution in [0.15, 0.2) is 249 Å². The summed E-state index contributed by atoms with van der Waals surface area (Å²) in [5, 5.41) is 7.39. The molecule has 1 aliphatic carbocycles. The van der Waals surface area contributed by atoms with Gasteiger partial charge in [-0.2, -0.15) is 0 Å². The van der Waals surface area contributed by atoms with E-state index in [0.717, 1.165) is 45.3 Å². The van der Waals surface area contributed by atoms with E-state index >= 15 is 0 Å². The number of aromatic nitrogens is 4. The highest BCUT2D eigenvalue weighted by atomic mass is 15.2. The summed E-state index contributed by atoms with van der Waals surface area (Å²) in [5.41, 5.74) is 17.9. The SMILES string of the molecule is C1=CC2c3ccccc3N(c3cc(-c4cccc(-c5cc(-n6c7ccccc7c7ccccc76)cc(-n6c7ccccc7c7ccccc76)c5)n4)cc(-n4c5ccccc5c5ccccc54)c3)C2C=C1. The van der Waals surface area contributed by atoms with Crippen molar-refractivity contribution in [3.63, 3.8) is 0 Å². The Morgan fingerprint density at radius 1 is 0.314 bits per heavy atom. The Hall–Kier alpha value is -9.19. The van der Waals surface area contributed by atoms with Crippen molar-refractivity contribution in [1.82, 2.24) is 18.7 Å². The van der Waals surface area contributed by atoms with Gasteiger partial charge in [0, 0.05) is 77.8 Å². The highest BCUT2D eigenvalue weighted by molar-refractivity contribution is 6.11. The van der Waals surface area contributed by atoms with E-state index in [0.29, 0.717) is 0 Å². The summed E-state index contributed by atoms with van der Waals surface area (Å²) in [6.45, 7) is 0. The molecule has 0 spiro atoms. The molecule has 70 heavy (non-hydrogen) atoms. The first-order valence-corrected chi connectivity index (χ1v) is 24.2. The first-order valence-electron chi connectivity index (χ1n) is 24.2. The van der Waals surface area contributed by atoms with Crippen LogP contribution in [0.5, 0.6) is 0 Å². The summed E-state index contributed by atoms with van der Waals surface area (Å²) in [4.78, 5) is 8.22. The number of hydrogen-bond donors (Lipinski definition) is 0. The fraction of sp³-hybridized carbons (Fsp3) is 0.0308. The molecule has 0 saturated heterocycles. The standard InChI is InChI=1S/C65H43N5/c1-9-28-58-48(18-1)49-19-2-10-29-59(49)67(58)44-36-42(37-45(40-44)68-60-30-11-3-20-50(60)51-21-4-12-31-61(51)68)56-26-17-27-57(66-56)43-38-46(69-62-32-13-5-22-52(62)53-23-6-14-33-63(53)69)41-47(39-43)70-64-34-15-7-24-54(64)55-25-8-16-35-65(55)70/h1-41,48,58H. The molecule has 0 fully saturated rings. The quantitative estimate of drug-likeness (QED) is 0.167. The lowest BCUT2D eigenvalue weighted by Crippen LogP contribution is -2.28. The van der Waals surface area contributed by atoms with E-state index in [9.17, 15) is 0 Å². The Labute approximate surface area is 404 Å². The monoisotopic (exact) mass is 893 g/mol. The van der Waals surface area contributed by atoms with Gasteiger partial charge in [0.15, 0.2) is 0 Å². The summed E-state index contributed by atoms with van der Waals surface area (Å²) in [7, 11) is 0. The van der Waals surface area contributed by atoms with Crippen LogP contribution >= 0.6 is 0 Å². The number of pyridine rings is 1. The number of hydrogen-bond acceptors (Lipinski definition) is 2. The molecule has 328 valence electrons. The lowest BCUT2D eigenvalue weighted by Gasteiger charge is -2.29. The average molecular weight is 894 g/mol. The fourth-order valence-electron chi connectivity index (χ4n) is 12.0. The summed E-state index contributed by atoms with van der Waals surface area (Å²) < 4.78 is 7.28. The van der Waals surface area contributed by atoms with E-state index in [1.54, 1.807) is 0 Å². The average Bonchev–Trinajstić information content (AvgIpc) is 4.16. The molecule has 2 unspecified atom stereocenters. The fourth-order valence-corrected chi connectivity index (χ4v) is 12.0. The number of nitrogens with zero attached hydrogens (tertiary/aromatic N) is 5. The molecule has 0 radical (unpaired) electrons. The van der Waals surface area contributed by atoms with Gasteiger partial charge in [0.2, 0.25) is 0 Å². The summed E-state index contributed by atoms with van der Waals surface area (Å²) in [5.74, 6) is 0.258. The Balaban J connectivity index is 0.972. The third-order valence-electron chi connectivity index (χ3n) is 14.9. The number of anilines is 2. The number of allylic oxidation sites excluding steroid dienone is 2. The van der Waals surface area contributed by atoms with Gasteiger partial charge in [-0.15, -0.1) is 0 Å². The van der Waals surface area contributed by atoms with Crippen molar-refractivity contribution in [2.45, 2.75) is 12.0 Å². The second-order valence-electron chi connectivity index (χ2n) is 18.7. The smallest absolute Gasteiger partial charge is 0.0711 e. The molecule has 9 aromatic carbocycles. The minimum Gasteiger partial charge on any atom is -0.333 e. The van der Waals surface area contributed by atoms with Crippen LogP contribution < -0.4 is 4.90 Å². The van der Waals surface area contributed by atoms with E-state index in [1.807, 2.05) is 0 Å². The van der Waals surface area contributed by atoms with Gasteiger partial charge in [0.05, 0.1) is 50.5 Å². The Morgan fingerprint density at radius 2 is 0.671 bits per heavy atom. The molecule has 0 amide bonds. The van der Waals surface area contributed by atoms with Crippen LogP contribution in [-0.4, -0.2) is 24.7 Å². The number of para-hydroxylation sites is 7. The number of rotatable bonds is 6. The summed E-state index contributed by atoms with van der Waals surface area (Å²) in [6.07, 6.45) is 9.10. The first kappa shape index (κ1) is 38.9. The van der Waals surface area contributed by atoms with Crippen LogP contribution in [0.4, 0.5) is 11.4 Å². The van der Waals surface area contributed by atoms with Crippen LogP contribution in [0, 0.1) is 0 Å². The van der Waals surface area contributed by atoms with Crippen molar-refractivity contribution < 1.29 is 0 Å². The van der Waals surface area contributed by atoms with Gasteiger partial charge in [0.1, 0.15) is 0 Å². The van der Waals surface area contributed by atoms with E-state index in [4.69, 9.17) is 4.98 Å². The van der Waals surface area contributed by atoms with Crippen LogP contribution in [0.2, 0.25) is 0 Å². The molecular formula is C65H43N5. The molecule has 1 aliphatic heterocycles. The molecule has 13 aromatic rings. The predicted molar refractivity (Wildman–Crippen MR) is 292 cm³/mol. The second kappa shape index (κ2) is 15.2. The molecule has 5 heterocycles. The summed E-state index contributed by atoms with van der Waals surface area (Å²) in [6, 6.07) is 82.2. The highest BCUT2D eigenvalue weighted by Gasteiger charge is 2.37. The number of benzene rings is 9. The third-order valence-corrected chi connectivity index (χ3v) is 14.9. The zero-order valence-corrected chi connectivity index (χ0v) is 38.1. The van der Waals surface area contributed by atoms with E-state index < -0.39 is 0 Å². The molecule has 2 atom stereocenters. The van der Waals surface area contributed by atoms with Crippen molar-refractivity contribution in [3.8, 4) is 39.6 Å². The normalized spacial score (nSPS) is 15.3. The highest BCUT2D eigenvalue weighted by Crippen LogP contribution is 2.49. The van der Waals surface area contributed by atoms with Crippen LogP contribution in [0.3, 0.4) is 0 Å². The zero-order chi connectivity index (χ0) is 45.9. The maximum Gasteiger partial charge on any atom is 0.0711 e. The van der Waals surface area contributed by atoms with E-state index in [-0.39, 0.29) is 12.0 Å². The van der Waals surface area contributed by atoms with Gasteiger partial charge in [-0.3, -0.25) is 0 Å². The Kier molecular flexibility index (Phi) is 8.42. The van der Waals surface area contributed by atoms with E-state index in [1.165, 1.54) is 76.7 Å². The molecular weight excluding hydrogens is 851 g/mol. The molecule has 0 N–H and O–H groups in total. The van der Waals surface area contributed by atoms with Gasteiger partial charge in [-0.1, -0.05) is 158 Å². The van der Waals surface area contributed by atoms with Gasteiger partial charge in [-0.25, -0.2) is 4.98 Å². The third kappa shape index (κ3) is 5.75. The topological polar surface area (TPSA) is 30.9 Å². The first-order chi connectivity index (χ1) is 34.7. The van der Waals surface area contributed by atoms with Gasteiger partial charge >= 0.3 is 0 Å². The van der Waals surface area contributed by atoms with Crippen molar-refractivity contribution in [3.05, 3.63) is 254 Å². The van der Waals surface area contributed by atoms with Gasteiger partial charge < -0.3 is 18.6 Å². The lowest BCUT2D eigenvalue weighted by molar-refractivity contribution is 0.744. The maximum atomic E-state index is 5.68. The minimum atomic E-state index is 0.144. The van der Waals surface area contributed by atoms with Crippen molar-refractivity contribution in [1.29, 1.82) is 0 Å². The van der Waals surface area contributed by atoms with Crippen LogP contribution in [0.25, 0.3) is 105 Å². The predicted octanol–water partition coefficient (Wildman–Crippen LogP) is 16.4. The molecule has 4 aromatic heterocycles. The minimum absolute atomic E-state index is 0.144. The largest absolute Gasteiger partial charge is 0.333 e. The number of fused-ring (bicyclic) bond motifs is 12. The zero-order valence-electron chi connectivity index (χ0n) is 38.1. The van der Waals surface area contributed by atoms with Crippen LogP contribution in [0.1, 0.15) is 11.5 Å². The molecule has 5 nitrogen and oxygen atoms in total. The molecule has 5 heteroatoms. The van der Waals surface area contributed by atoms with Gasteiger partial charge in [0.25, 0.3) is 0 Å². The molecule has 15 rings (SSSR count). The molecule has 0 bridgehead atoms. The molecule has 2 aliphatic rings. The van der Waals surface area contributed by atoms with Crippen molar-refractivity contribution in [2.75, 3.05) is 4.90 Å². The van der Waals surface area contributed by atoms with E-state index in [2.05, 4.69) is 267 Å². The van der Waals surface area contributed by atoms with Crippen molar-refractivity contribution in [2.24, 2.45) is 0 Å². The second-order valence-corrected chi connectivity index (χ2v) is 18.7.